The van der Waals surface area contributed by atoms with E-state index in [1.54, 1.807) is 19.2 Å². The highest BCUT2D eigenvalue weighted by atomic mass is 16.5. The number of rotatable bonds is 6. The largest absolute Gasteiger partial charge is 0.496 e. The lowest BCUT2D eigenvalue weighted by Gasteiger charge is -2.40. The summed E-state index contributed by atoms with van der Waals surface area (Å²) < 4.78 is 11.3. The minimum Gasteiger partial charge on any atom is -0.496 e. The van der Waals surface area contributed by atoms with Crippen LogP contribution in [0.4, 0.5) is 0 Å². The molecular formula is C34H35N3O4. The molecule has 1 aromatic heterocycles. The summed E-state index contributed by atoms with van der Waals surface area (Å²) in [5, 5.41) is 11.0. The minimum absolute atomic E-state index is 0.230. The second kappa shape index (κ2) is 12.2. The summed E-state index contributed by atoms with van der Waals surface area (Å²) in [5.74, 6) is 6.35. The Morgan fingerprint density at radius 3 is 2.63 bits per heavy atom. The molecule has 0 unspecified atom stereocenters. The van der Waals surface area contributed by atoms with Crippen LogP contribution in [0.25, 0.3) is 22.0 Å². The number of aromatic carboxylic acids is 1. The Hall–Kier alpha value is -4.09. The van der Waals surface area contributed by atoms with Crippen molar-refractivity contribution in [2.24, 2.45) is 0 Å². The molecule has 210 valence electrons. The van der Waals surface area contributed by atoms with Crippen molar-refractivity contribution in [3.8, 4) is 28.7 Å². The van der Waals surface area contributed by atoms with Crippen LogP contribution < -0.4 is 4.74 Å². The molecule has 0 amide bonds. The van der Waals surface area contributed by atoms with Gasteiger partial charge in [-0.2, -0.15) is 0 Å². The van der Waals surface area contributed by atoms with Gasteiger partial charge in [0.15, 0.2) is 0 Å². The van der Waals surface area contributed by atoms with Crippen LogP contribution in [0, 0.1) is 11.8 Å². The van der Waals surface area contributed by atoms with Gasteiger partial charge in [-0.3, -0.25) is 9.80 Å². The summed E-state index contributed by atoms with van der Waals surface area (Å²) in [7, 11) is 1.70. The van der Waals surface area contributed by atoms with Gasteiger partial charge in [0, 0.05) is 59.6 Å². The smallest absolute Gasteiger partial charge is 0.336 e. The first-order valence-electron chi connectivity index (χ1n) is 14.3. The van der Waals surface area contributed by atoms with E-state index in [0.29, 0.717) is 17.2 Å². The van der Waals surface area contributed by atoms with Crippen molar-refractivity contribution in [2.75, 3.05) is 46.5 Å². The number of aromatic amines is 1. The third-order valence-corrected chi connectivity index (χ3v) is 8.28. The number of piperidine rings is 1. The molecule has 0 spiro atoms. The first-order valence-corrected chi connectivity index (χ1v) is 14.3. The fraction of sp³-hybridized carbons (Fsp3) is 0.324. The van der Waals surface area contributed by atoms with Crippen molar-refractivity contribution in [3.05, 3.63) is 89.1 Å². The molecule has 41 heavy (non-hydrogen) atoms. The number of H-pyrrole nitrogens is 1. The van der Waals surface area contributed by atoms with Crippen LogP contribution in [0.2, 0.25) is 0 Å². The van der Waals surface area contributed by atoms with Gasteiger partial charge in [-0.15, -0.1) is 0 Å². The molecule has 0 radical (unpaired) electrons. The topological polar surface area (TPSA) is 78.0 Å². The van der Waals surface area contributed by atoms with Gasteiger partial charge in [0.25, 0.3) is 0 Å². The van der Waals surface area contributed by atoms with Gasteiger partial charge in [0.1, 0.15) is 5.75 Å². The highest BCUT2D eigenvalue weighted by Gasteiger charge is 2.26. The van der Waals surface area contributed by atoms with Crippen LogP contribution in [0.5, 0.6) is 5.75 Å². The van der Waals surface area contributed by atoms with Crippen LogP contribution in [-0.4, -0.2) is 78.4 Å². The fourth-order valence-corrected chi connectivity index (χ4v) is 6.07. The number of carbonyl (C=O) groups is 1. The Bertz CT molecular complexity index is 1600. The zero-order chi connectivity index (χ0) is 28.2. The number of benzene rings is 3. The molecule has 3 heterocycles. The number of ether oxygens (including phenoxy) is 2. The van der Waals surface area contributed by atoms with E-state index in [-0.39, 0.29) is 5.56 Å². The van der Waals surface area contributed by atoms with Gasteiger partial charge in [0.2, 0.25) is 0 Å². The predicted molar refractivity (Wildman–Crippen MR) is 160 cm³/mol. The Kier molecular flexibility index (Phi) is 8.06. The standard InChI is InChI=1S/C34H35N3O4/c1-40-32-21-24(6-8-28(32)23-36-15-12-29(13-16-36)37-17-19-41-20-18-37)5-7-26-3-2-4-30(34(38)39)33(26)27-10-9-25-11-14-35-31(25)22-27/h2-4,6,8-11,14,21-22,29,35H,12-13,15-20,23H2,1H3,(H,38,39). The van der Waals surface area contributed by atoms with Gasteiger partial charge >= 0.3 is 5.97 Å². The maximum atomic E-state index is 12.1. The maximum Gasteiger partial charge on any atom is 0.336 e. The summed E-state index contributed by atoms with van der Waals surface area (Å²) in [6.07, 6.45) is 4.24. The summed E-state index contributed by atoms with van der Waals surface area (Å²) in [5.41, 5.74) is 5.25. The molecule has 7 nitrogen and oxygen atoms in total. The lowest BCUT2D eigenvalue weighted by atomic mass is 9.93. The van der Waals surface area contributed by atoms with Gasteiger partial charge in [0.05, 0.1) is 25.9 Å². The Morgan fingerprint density at radius 2 is 1.85 bits per heavy atom. The molecule has 7 heteroatoms. The van der Waals surface area contributed by atoms with E-state index in [4.69, 9.17) is 9.47 Å². The number of aromatic nitrogens is 1. The van der Waals surface area contributed by atoms with Gasteiger partial charge in [-0.1, -0.05) is 36.1 Å². The van der Waals surface area contributed by atoms with Gasteiger partial charge < -0.3 is 19.6 Å². The number of carboxylic acids is 1. The Labute approximate surface area is 240 Å². The van der Waals surface area contributed by atoms with E-state index >= 15 is 0 Å². The molecule has 2 aliphatic rings. The van der Waals surface area contributed by atoms with Crippen LogP contribution in [0.1, 0.15) is 39.9 Å². The molecule has 4 aromatic rings. The normalized spacial score (nSPS) is 16.8. The van der Waals surface area contributed by atoms with Gasteiger partial charge in [-0.25, -0.2) is 4.79 Å². The number of likely N-dealkylation sites (tertiary alicyclic amines) is 1. The van der Waals surface area contributed by atoms with Crippen molar-refractivity contribution < 1.29 is 19.4 Å². The Morgan fingerprint density at radius 1 is 1.02 bits per heavy atom. The first-order chi connectivity index (χ1) is 20.1. The molecule has 2 saturated heterocycles. The van der Waals surface area contributed by atoms with Crippen molar-refractivity contribution in [1.29, 1.82) is 0 Å². The van der Waals surface area contributed by atoms with Crippen molar-refractivity contribution in [1.82, 2.24) is 14.8 Å². The van der Waals surface area contributed by atoms with E-state index in [1.807, 2.05) is 48.7 Å². The van der Waals surface area contributed by atoms with Crippen molar-refractivity contribution in [3.63, 3.8) is 0 Å². The highest BCUT2D eigenvalue weighted by Crippen LogP contribution is 2.31. The molecule has 2 N–H and O–H groups in total. The van der Waals surface area contributed by atoms with Crippen LogP contribution in [0.15, 0.2) is 66.9 Å². The third-order valence-electron chi connectivity index (χ3n) is 8.28. The number of hydrogen-bond donors (Lipinski definition) is 2. The van der Waals surface area contributed by atoms with E-state index < -0.39 is 5.97 Å². The van der Waals surface area contributed by atoms with E-state index in [1.165, 1.54) is 12.8 Å². The summed E-state index contributed by atoms with van der Waals surface area (Å²) >= 11 is 0. The molecule has 0 bridgehead atoms. The third kappa shape index (κ3) is 6.01. The molecule has 0 atom stereocenters. The van der Waals surface area contributed by atoms with Gasteiger partial charge in [-0.05, 0) is 73.3 Å². The quantitative estimate of drug-likeness (QED) is 0.321. The van der Waals surface area contributed by atoms with E-state index in [0.717, 1.165) is 79.3 Å². The molecule has 6 rings (SSSR count). The average Bonchev–Trinajstić information content (AvgIpc) is 3.49. The average molecular weight is 550 g/mol. The number of nitrogens with one attached hydrogen (secondary N) is 1. The molecular weight excluding hydrogens is 514 g/mol. The summed E-state index contributed by atoms with van der Waals surface area (Å²) in [6, 6.07) is 19.9. The number of methoxy groups -OCH3 is 1. The first kappa shape index (κ1) is 27.1. The minimum atomic E-state index is -0.977. The van der Waals surface area contributed by atoms with E-state index in [9.17, 15) is 9.90 Å². The van der Waals surface area contributed by atoms with E-state index in [2.05, 4.69) is 32.7 Å². The summed E-state index contributed by atoms with van der Waals surface area (Å²) in [6.45, 7) is 6.78. The SMILES string of the molecule is COc1cc(C#Cc2cccc(C(=O)O)c2-c2ccc3cc[nH]c3c2)ccc1CN1CCC(N2CCOCC2)CC1. The number of carboxylic acid groups (broad SMARTS) is 1. The number of hydrogen-bond acceptors (Lipinski definition) is 5. The zero-order valence-corrected chi connectivity index (χ0v) is 23.4. The number of morpholine rings is 1. The van der Waals surface area contributed by atoms with Crippen molar-refractivity contribution >= 4 is 16.9 Å². The molecule has 0 saturated carbocycles. The molecule has 2 fully saturated rings. The highest BCUT2D eigenvalue weighted by molar-refractivity contribution is 5.99. The van der Waals surface area contributed by atoms with Crippen LogP contribution >= 0.6 is 0 Å². The zero-order valence-electron chi connectivity index (χ0n) is 23.4. The second-order valence-corrected chi connectivity index (χ2v) is 10.7. The molecule has 2 aliphatic heterocycles. The number of fused-ring (bicyclic) bond motifs is 1. The monoisotopic (exact) mass is 549 g/mol. The molecule has 3 aromatic carbocycles. The predicted octanol–water partition coefficient (Wildman–Crippen LogP) is 5.24. The number of nitrogens with zero attached hydrogens (tertiary/aromatic N) is 2. The van der Waals surface area contributed by atoms with Crippen LogP contribution in [0.3, 0.4) is 0 Å². The van der Waals surface area contributed by atoms with Crippen LogP contribution in [-0.2, 0) is 11.3 Å². The summed E-state index contributed by atoms with van der Waals surface area (Å²) in [4.78, 5) is 20.4. The van der Waals surface area contributed by atoms with Crippen molar-refractivity contribution in [2.45, 2.75) is 25.4 Å². The maximum absolute atomic E-state index is 12.1. The lowest BCUT2D eigenvalue weighted by molar-refractivity contribution is 0.000182. The lowest BCUT2D eigenvalue weighted by Crippen LogP contribution is -2.48. The second-order valence-electron chi connectivity index (χ2n) is 10.7. The Balaban J connectivity index is 1.21. The fourth-order valence-electron chi connectivity index (χ4n) is 6.07. The molecule has 0 aliphatic carbocycles.